The van der Waals surface area contributed by atoms with E-state index in [0.29, 0.717) is 18.1 Å². The summed E-state index contributed by atoms with van der Waals surface area (Å²) in [6.45, 7) is 5.92. The first kappa shape index (κ1) is 15.1. The number of hydrogen-bond donors (Lipinski definition) is 1. The molecule has 0 bridgehead atoms. The van der Waals surface area contributed by atoms with Crippen LogP contribution in [0.3, 0.4) is 0 Å². The molecule has 0 radical (unpaired) electrons. The molecule has 0 unspecified atom stereocenters. The Labute approximate surface area is 124 Å². The first-order chi connectivity index (χ1) is 10.0. The van der Waals surface area contributed by atoms with Gasteiger partial charge in [0.25, 0.3) is 0 Å². The van der Waals surface area contributed by atoms with Crippen LogP contribution in [0.25, 0.3) is 11.4 Å². The number of ketones is 1. The summed E-state index contributed by atoms with van der Waals surface area (Å²) in [6, 6.07) is 7.31. The number of aryl methyl sites for hydroxylation is 1. The van der Waals surface area contributed by atoms with E-state index in [0.717, 1.165) is 28.9 Å². The summed E-state index contributed by atoms with van der Waals surface area (Å²) in [6.07, 6.45) is 2.11. The van der Waals surface area contributed by atoms with Gasteiger partial charge in [-0.05, 0) is 37.6 Å². The van der Waals surface area contributed by atoms with Crippen molar-refractivity contribution in [3.8, 4) is 17.1 Å². The largest absolute Gasteiger partial charge is 0.494 e. The average molecular weight is 288 g/mol. The molecule has 1 heterocycles. The van der Waals surface area contributed by atoms with Crippen LogP contribution in [-0.4, -0.2) is 27.3 Å². The Morgan fingerprint density at radius 3 is 2.52 bits per heavy atom. The number of Topliss-reactive ketones (excluding diaryl/α,β-unsaturated/α-hetero) is 1. The quantitative estimate of drug-likeness (QED) is 0.502. The molecule has 0 fully saturated rings. The van der Waals surface area contributed by atoms with Crippen molar-refractivity contribution in [3.05, 3.63) is 35.7 Å². The third-order valence-electron chi connectivity index (χ3n) is 3.24. The second-order valence-corrected chi connectivity index (χ2v) is 4.96. The van der Waals surface area contributed by atoms with Gasteiger partial charge in [0.1, 0.15) is 11.4 Å². The summed E-state index contributed by atoms with van der Waals surface area (Å²) < 4.78 is 6.44. The number of unbranched alkanes of at least 4 members (excludes halogenated alkanes) is 1. The third kappa shape index (κ3) is 3.24. The van der Waals surface area contributed by atoms with Gasteiger partial charge in [-0.2, -0.15) is 4.73 Å². The molecule has 0 amide bonds. The Morgan fingerprint density at radius 2 is 2.00 bits per heavy atom. The van der Waals surface area contributed by atoms with Crippen LogP contribution in [0, 0.1) is 6.92 Å². The maximum atomic E-state index is 11.5. The van der Waals surface area contributed by atoms with E-state index in [1.807, 2.05) is 24.3 Å². The lowest BCUT2D eigenvalue weighted by atomic mass is 10.2. The van der Waals surface area contributed by atoms with Crippen molar-refractivity contribution < 1.29 is 14.7 Å². The highest BCUT2D eigenvalue weighted by Crippen LogP contribution is 2.23. The fraction of sp³-hybridized carbons (Fsp3) is 0.375. The van der Waals surface area contributed by atoms with Gasteiger partial charge >= 0.3 is 0 Å². The molecular formula is C16H20N2O3. The Bertz CT molecular complexity index is 630. The summed E-state index contributed by atoms with van der Waals surface area (Å²) in [5, 5.41) is 10.1. The fourth-order valence-electron chi connectivity index (χ4n) is 2.14. The number of imidazole rings is 1. The van der Waals surface area contributed by atoms with Gasteiger partial charge in [0.2, 0.25) is 0 Å². The molecule has 0 atom stereocenters. The van der Waals surface area contributed by atoms with Crippen molar-refractivity contribution in [2.24, 2.45) is 0 Å². The van der Waals surface area contributed by atoms with Crippen molar-refractivity contribution in [2.45, 2.75) is 33.6 Å². The van der Waals surface area contributed by atoms with Crippen LogP contribution < -0.4 is 4.74 Å². The van der Waals surface area contributed by atoms with Crippen molar-refractivity contribution in [3.63, 3.8) is 0 Å². The molecule has 2 rings (SSSR count). The van der Waals surface area contributed by atoms with Gasteiger partial charge in [-0.3, -0.25) is 4.79 Å². The van der Waals surface area contributed by atoms with E-state index in [9.17, 15) is 10.0 Å². The van der Waals surface area contributed by atoms with Crippen molar-refractivity contribution in [1.82, 2.24) is 9.71 Å². The van der Waals surface area contributed by atoms with E-state index >= 15 is 0 Å². The van der Waals surface area contributed by atoms with E-state index < -0.39 is 0 Å². The Kier molecular flexibility index (Phi) is 4.62. The van der Waals surface area contributed by atoms with Crippen molar-refractivity contribution in [2.75, 3.05) is 6.61 Å². The minimum atomic E-state index is -0.215. The zero-order chi connectivity index (χ0) is 15.4. The minimum absolute atomic E-state index is 0.215. The van der Waals surface area contributed by atoms with Gasteiger partial charge in [0, 0.05) is 12.5 Å². The van der Waals surface area contributed by atoms with Gasteiger partial charge in [-0.1, -0.05) is 13.3 Å². The molecule has 0 spiro atoms. The normalized spacial score (nSPS) is 10.6. The highest BCUT2D eigenvalue weighted by molar-refractivity contribution is 5.94. The number of aromatic nitrogens is 2. The number of ether oxygens (including phenoxy) is 1. The molecule has 0 saturated heterocycles. The maximum Gasteiger partial charge on any atom is 0.181 e. The summed E-state index contributed by atoms with van der Waals surface area (Å²) in [5.74, 6) is 0.929. The number of hydrogen-bond acceptors (Lipinski definition) is 4. The van der Waals surface area contributed by atoms with Gasteiger partial charge in [0.15, 0.2) is 11.6 Å². The minimum Gasteiger partial charge on any atom is -0.494 e. The highest BCUT2D eigenvalue weighted by Gasteiger charge is 2.18. The molecule has 0 aliphatic carbocycles. The summed E-state index contributed by atoms with van der Waals surface area (Å²) >= 11 is 0. The average Bonchev–Trinajstić information content (AvgIpc) is 2.75. The number of benzene rings is 1. The Hall–Kier alpha value is -2.30. The standard InChI is InChI=1S/C16H20N2O3/c1-4-5-10-21-14-8-6-13(7-9-14)16-17-11(2)15(12(3)19)18(16)20/h6-9,20H,4-5,10H2,1-3H3. The van der Waals surface area contributed by atoms with Crippen molar-refractivity contribution >= 4 is 5.78 Å². The van der Waals surface area contributed by atoms with Crippen LogP contribution in [0.2, 0.25) is 0 Å². The topological polar surface area (TPSA) is 64.3 Å². The van der Waals surface area contributed by atoms with Crippen LogP contribution in [-0.2, 0) is 0 Å². The lowest BCUT2D eigenvalue weighted by Gasteiger charge is -2.06. The molecule has 0 saturated carbocycles. The fourth-order valence-corrected chi connectivity index (χ4v) is 2.14. The van der Waals surface area contributed by atoms with E-state index in [1.54, 1.807) is 6.92 Å². The van der Waals surface area contributed by atoms with Gasteiger partial charge in [-0.15, -0.1) is 0 Å². The van der Waals surface area contributed by atoms with E-state index in [1.165, 1.54) is 6.92 Å². The molecule has 5 heteroatoms. The van der Waals surface area contributed by atoms with Crippen LogP contribution in [0.4, 0.5) is 0 Å². The maximum absolute atomic E-state index is 11.5. The zero-order valence-electron chi connectivity index (χ0n) is 12.6. The molecule has 1 aromatic heterocycles. The Morgan fingerprint density at radius 1 is 1.33 bits per heavy atom. The lowest BCUT2D eigenvalue weighted by molar-refractivity contribution is 0.0965. The molecule has 5 nitrogen and oxygen atoms in total. The van der Waals surface area contributed by atoms with Crippen LogP contribution in [0.15, 0.2) is 24.3 Å². The van der Waals surface area contributed by atoms with Crippen LogP contribution in [0.5, 0.6) is 5.75 Å². The number of carbonyl (C=O) groups excluding carboxylic acids is 1. The second kappa shape index (κ2) is 6.43. The molecule has 21 heavy (non-hydrogen) atoms. The highest BCUT2D eigenvalue weighted by atomic mass is 16.5. The van der Waals surface area contributed by atoms with Crippen LogP contribution >= 0.6 is 0 Å². The van der Waals surface area contributed by atoms with E-state index in [2.05, 4.69) is 11.9 Å². The van der Waals surface area contributed by atoms with E-state index in [-0.39, 0.29) is 11.5 Å². The molecule has 2 aromatic rings. The molecule has 1 aromatic carbocycles. The number of carbonyl (C=O) groups is 1. The molecule has 0 aliphatic heterocycles. The first-order valence-corrected chi connectivity index (χ1v) is 7.07. The summed E-state index contributed by atoms with van der Waals surface area (Å²) in [7, 11) is 0. The van der Waals surface area contributed by atoms with Gasteiger partial charge in [-0.25, -0.2) is 4.98 Å². The summed E-state index contributed by atoms with van der Waals surface area (Å²) in [4.78, 5) is 15.7. The SMILES string of the molecule is CCCCOc1ccc(-c2nc(C)c(C(C)=O)n2O)cc1. The zero-order valence-corrected chi connectivity index (χ0v) is 12.6. The Balaban J connectivity index is 2.23. The predicted molar refractivity (Wildman–Crippen MR) is 80.0 cm³/mol. The second-order valence-electron chi connectivity index (χ2n) is 4.96. The number of nitrogens with zero attached hydrogens (tertiary/aromatic N) is 2. The van der Waals surface area contributed by atoms with Gasteiger partial charge < -0.3 is 9.94 Å². The lowest BCUT2D eigenvalue weighted by Crippen LogP contribution is -2.05. The number of rotatable bonds is 6. The predicted octanol–water partition coefficient (Wildman–Crippen LogP) is 3.48. The molecular weight excluding hydrogens is 268 g/mol. The molecule has 0 aliphatic rings. The van der Waals surface area contributed by atoms with Crippen molar-refractivity contribution in [1.29, 1.82) is 0 Å². The van der Waals surface area contributed by atoms with Crippen LogP contribution in [0.1, 0.15) is 42.9 Å². The molecule has 112 valence electrons. The first-order valence-electron chi connectivity index (χ1n) is 7.07. The monoisotopic (exact) mass is 288 g/mol. The third-order valence-corrected chi connectivity index (χ3v) is 3.24. The smallest absolute Gasteiger partial charge is 0.181 e. The van der Waals surface area contributed by atoms with E-state index in [4.69, 9.17) is 4.74 Å². The molecule has 1 N–H and O–H groups in total. The van der Waals surface area contributed by atoms with Gasteiger partial charge in [0.05, 0.1) is 12.3 Å². The summed E-state index contributed by atoms with van der Waals surface area (Å²) in [5.41, 5.74) is 1.47.